The second-order valence-electron chi connectivity index (χ2n) is 3.73. The van der Waals surface area contributed by atoms with Gasteiger partial charge in [0.2, 0.25) is 5.91 Å². The Morgan fingerprint density at radius 2 is 2.18 bits per heavy atom. The minimum Gasteiger partial charge on any atom is -0.340 e. The summed E-state index contributed by atoms with van der Waals surface area (Å²) in [6.45, 7) is 1.93. The maximum atomic E-state index is 13.1. The van der Waals surface area contributed by atoms with Crippen molar-refractivity contribution in [3.63, 3.8) is 0 Å². The lowest BCUT2D eigenvalue weighted by Gasteiger charge is -2.19. The monoisotopic (exact) mass is 280 g/mol. The van der Waals surface area contributed by atoms with Crippen molar-refractivity contribution in [1.82, 2.24) is 4.90 Å². The van der Waals surface area contributed by atoms with E-state index < -0.39 is 11.9 Å². The Morgan fingerprint density at radius 3 is 2.65 bits per heavy atom. The Kier molecular flexibility index (Phi) is 6.45. The van der Waals surface area contributed by atoms with Crippen molar-refractivity contribution in [1.29, 1.82) is 0 Å². The summed E-state index contributed by atoms with van der Waals surface area (Å²) < 4.78 is 13.1. The summed E-state index contributed by atoms with van der Waals surface area (Å²) in [4.78, 5) is 12.9. The predicted molar refractivity (Wildman–Crippen MR) is 68.8 cm³/mol. The summed E-state index contributed by atoms with van der Waals surface area (Å²) in [5, 5.41) is 0.0740. The van der Waals surface area contributed by atoms with Gasteiger partial charge in [-0.25, -0.2) is 4.39 Å². The molecule has 3 nitrogen and oxygen atoms in total. The summed E-state index contributed by atoms with van der Waals surface area (Å²) in [7, 11) is 1.62. The minimum atomic E-state index is -0.554. The molecule has 0 saturated carbocycles. The Labute approximate surface area is 111 Å². The molecule has 1 aromatic rings. The zero-order valence-corrected chi connectivity index (χ0v) is 11.2. The van der Waals surface area contributed by atoms with Crippen molar-refractivity contribution >= 4 is 29.9 Å². The molecule has 2 N–H and O–H groups in total. The molecule has 1 rings (SSSR count). The van der Waals surface area contributed by atoms with Crippen LogP contribution in [0, 0.1) is 5.82 Å². The Balaban J connectivity index is 0.00000256. The SMILES string of the molecule is CC(N)C(=O)N(C)Cc1ccc(Cl)c(F)c1.Cl. The molecule has 1 amide bonds. The average molecular weight is 281 g/mol. The summed E-state index contributed by atoms with van der Waals surface area (Å²) in [6.07, 6.45) is 0. The van der Waals surface area contributed by atoms with Gasteiger partial charge in [0.15, 0.2) is 0 Å². The molecule has 1 atom stereocenters. The maximum Gasteiger partial charge on any atom is 0.239 e. The van der Waals surface area contributed by atoms with E-state index in [-0.39, 0.29) is 23.3 Å². The van der Waals surface area contributed by atoms with Crippen molar-refractivity contribution in [3.8, 4) is 0 Å². The number of nitrogens with zero attached hydrogens (tertiary/aromatic N) is 1. The number of rotatable bonds is 3. The first kappa shape index (κ1) is 16.2. The summed E-state index contributed by atoms with van der Waals surface area (Å²) in [5.41, 5.74) is 6.14. The van der Waals surface area contributed by atoms with Crippen LogP contribution in [0.25, 0.3) is 0 Å². The van der Waals surface area contributed by atoms with Gasteiger partial charge in [0.25, 0.3) is 0 Å². The predicted octanol–water partition coefficient (Wildman–Crippen LogP) is 2.21. The van der Waals surface area contributed by atoms with Crippen LogP contribution in [0.5, 0.6) is 0 Å². The highest BCUT2D eigenvalue weighted by Gasteiger charge is 2.13. The van der Waals surface area contributed by atoms with Crippen LogP contribution in [0.1, 0.15) is 12.5 Å². The van der Waals surface area contributed by atoms with E-state index in [4.69, 9.17) is 17.3 Å². The van der Waals surface area contributed by atoms with Crippen molar-refractivity contribution in [3.05, 3.63) is 34.6 Å². The lowest BCUT2D eigenvalue weighted by Crippen LogP contribution is -2.39. The lowest BCUT2D eigenvalue weighted by molar-refractivity contribution is -0.131. The molecule has 0 spiro atoms. The number of carbonyl (C=O) groups is 1. The van der Waals surface area contributed by atoms with Gasteiger partial charge >= 0.3 is 0 Å². The van der Waals surface area contributed by atoms with E-state index in [1.54, 1.807) is 20.0 Å². The van der Waals surface area contributed by atoms with Gasteiger partial charge in [0, 0.05) is 13.6 Å². The fourth-order valence-corrected chi connectivity index (χ4v) is 1.45. The molecule has 1 aromatic carbocycles. The van der Waals surface area contributed by atoms with E-state index >= 15 is 0 Å². The zero-order chi connectivity index (χ0) is 12.3. The number of amides is 1. The van der Waals surface area contributed by atoms with Crippen molar-refractivity contribution in [2.45, 2.75) is 19.5 Å². The molecule has 0 saturated heterocycles. The van der Waals surface area contributed by atoms with E-state index in [1.165, 1.54) is 17.0 Å². The molecule has 0 radical (unpaired) electrons. The van der Waals surface area contributed by atoms with E-state index in [0.717, 1.165) is 0 Å². The summed E-state index contributed by atoms with van der Waals surface area (Å²) in [5.74, 6) is -0.670. The first-order valence-electron chi connectivity index (χ1n) is 4.86. The number of hydrogen-bond acceptors (Lipinski definition) is 2. The third-order valence-corrected chi connectivity index (χ3v) is 2.48. The summed E-state index contributed by atoms with van der Waals surface area (Å²) in [6, 6.07) is 3.90. The van der Waals surface area contributed by atoms with Gasteiger partial charge in [-0.15, -0.1) is 12.4 Å². The molecule has 0 aliphatic heterocycles. The van der Waals surface area contributed by atoms with Crippen LogP contribution in [0.2, 0.25) is 5.02 Å². The van der Waals surface area contributed by atoms with Crippen LogP contribution < -0.4 is 5.73 Å². The van der Waals surface area contributed by atoms with E-state index in [1.807, 2.05) is 0 Å². The number of halogens is 3. The highest BCUT2D eigenvalue weighted by atomic mass is 35.5. The van der Waals surface area contributed by atoms with Crippen molar-refractivity contribution in [2.24, 2.45) is 5.73 Å². The van der Waals surface area contributed by atoms with Gasteiger partial charge in [-0.2, -0.15) is 0 Å². The molecule has 0 aromatic heterocycles. The van der Waals surface area contributed by atoms with Crippen LogP contribution >= 0.6 is 24.0 Å². The molecule has 0 aliphatic carbocycles. The second-order valence-corrected chi connectivity index (χ2v) is 4.14. The first-order valence-corrected chi connectivity index (χ1v) is 5.24. The fourth-order valence-electron chi connectivity index (χ4n) is 1.34. The third-order valence-electron chi connectivity index (χ3n) is 2.17. The molecule has 17 heavy (non-hydrogen) atoms. The smallest absolute Gasteiger partial charge is 0.239 e. The van der Waals surface area contributed by atoms with Gasteiger partial charge in [0.05, 0.1) is 11.1 Å². The van der Waals surface area contributed by atoms with Crippen LogP contribution in [-0.2, 0) is 11.3 Å². The van der Waals surface area contributed by atoms with Crippen LogP contribution in [0.15, 0.2) is 18.2 Å². The van der Waals surface area contributed by atoms with Gasteiger partial charge in [-0.1, -0.05) is 17.7 Å². The van der Waals surface area contributed by atoms with Crippen molar-refractivity contribution < 1.29 is 9.18 Å². The van der Waals surface area contributed by atoms with E-state index in [9.17, 15) is 9.18 Å². The van der Waals surface area contributed by atoms with Gasteiger partial charge in [0.1, 0.15) is 5.82 Å². The Bertz CT molecular complexity index is 399. The van der Waals surface area contributed by atoms with Gasteiger partial charge in [-0.05, 0) is 24.6 Å². The molecule has 0 bridgehead atoms. The molecule has 6 heteroatoms. The molecule has 96 valence electrons. The maximum absolute atomic E-state index is 13.1. The topological polar surface area (TPSA) is 46.3 Å². The van der Waals surface area contributed by atoms with Crippen LogP contribution in [-0.4, -0.2) is 23.9 Å². The van der Waals surface area contributed by atoms with Crippen LogP contribution in [0.3, 0.4) is 0 Å². The molecule has 0 heterocycles. The average Bonchev–Trinajstić information content (AvgIpc) is 2.22. The Morgan fingerprint density at radius 1 is 1.59 bits per heavy atom. The number of benzene rings is 1. The lowest BCUT2D eigenvalue weighted by atomic mass is 10.2. The van der Waals surface area contributed by atoms with E-state index in [0.29, 0.717) is 12.1 Å². The number of nitrogens with two attached hydrogens (primary N) is 1. The second kappa shape index (κ2) is 6.79. The molecule has 0 fully saturated rings. The number of carbonyl (C=O) groups excluding carboxylic acids is 1. The standard InChI is InChI=1S/C11H14ClFN2O.ClH/c1-7(14)11(16)15(2)6-8-3-4-9(12)10(13)5-8;/h3-5,7H,6,14H2,1-2H3;1H. The highest BCUT2D eigenvalue weighted by molar-refractivity contribution is 6.30. The molecule has 1 unspecified atom stereocenters. The molecular formula is C11H15Cl2FN2O. The Hall–Kier alpha value is -0.840. The quantitative estimate of drug-likeness (QED) is 0.923. The normalized spacial score (nSPS) is 11.6. The minimum absolute atomic E-state index is 0. The highest BCUT2D eigenvalue weighted by Crippen LogP contribution is 2.16. The molecular weight excluding hydrogens is 266 g/mol. The number of hydrogen-bond donors (Lipinski definition) is 1. The van der Waals surface area contributed by atoms with Crippen molar-refractivity contribution in [2.75, 3.05) is 7.05 Å². The fraction of sp³-hybridized carbons (Fsp3) is 0.364. The van der Waals surface area contributed by atoms with Gasteiger partial charge in [-0.3, -0.25) is 4.79 Å². The first-order chi connectivity index (χ1) is 7.41. The number of likely N-dealkylation sites (N-methyl/N-ethyl adjacent to an activating group) is 1. The summed E-state index contributed by atoms with van der Waals surface area (Å²) >= 11 is 5.55. The van der Waals surface area contributed by atoms with E-state index in [2.05, 4.69) is 0 Å². The van der Waals surface area contributed by atoms with Gasteiger partial charge < -0.3 is 10.6 Å². The largest absolute Gasteiger partial charge is 0.340 e. The third kappa shape index (κ3) is 4.50. The zero-order valence-electron chi connectivity index (χ0n) is 9.61. The molecule has 0 aliphatic rings. The van der Waals surface area contributed by atoms with Crippen LogP contribution in [0.4, 0.5) is 4.39 Å².